The molecule has 1 atom stereocenters. The highest BCUT2D eigenvalue weighted by molar-refractivity contribution is 7.10. The number of rotatable bonds is 7. The Kier molecular flexibility index (Phi) is 5.49. The molecule has 0 fully saturated rings. The summed E-state index contributed by atoms with van der Waals surface area (Å²) in [5, 5.41) is 5.70. The number of nitrogens with zero attached hydrogens (tertiary/aromatic N) is 2. The summed E-state index contributed by atoms with van der Waals surface area (Å²) in [5.41, 5.74) is 2.22. The highest BCUT2D eigenvalue weighted by Crippen LogP contribution is 2.32. The van der Waals surface area contributed by atoms with Gasteiger partial charge in [-0.3, -0.25) is 4.98 Å². The van der Waals surface area contributed by atoms with Gasteiger partial charge in [0.05, 0.1) is 13.2 Å². The van der Waals surface area contributed by atoms with E-state index < -0.39 is 0 Å². The summed E-state index contributed by atoms with van der Waals surface area (Å²) in [6.07, 6.45) is 5.48. The average Bonchev–Trinajstić information content (AvgIpc) is 2.96. The van der Waals surface area contributed by atoms with Gasteiger partial charge in [0.15, 0.2) is 0 Å². The number of aromatic nitrogens is 2. The van der Waals surface area contributed by atoms with Crippen molar-refractivity contribution >= 4 is 11.3 Å². The fraction of sp³-hybridized carbons (Fsp3) is 0.467. The van der Waals surface area contributed by atoms with E-state index in [0.717, 1.165) is 25.1 Å². The van der Waals surface area contributed by atoms with Crippen LogP contribution in [-0.2, 0) is 6.42 Å². The highest BCUT2D eigenvalue weighted by Gasteiger charge is 2.23. The molecule has 5 heteroatoms. The van der Waals surface area contributed by atoms with E-state index in [1.807, 2.05) is 0 Å². The van der Waals surface area contributed by atoms with Crippen LogP contribution in [0.4, 0.5) is 0 Å². The second-order valence-corrected chi connectivity index (χ2v) is 5.45. The third kappa shape index (κ3) is 3.16. The Labute approximate surface area is 124 Å². The standard InChI is InChI=1S/C15H21N3OS/c1-4-7-16-12(14-11(5-2)6-10-20-14)13-15(19-3)18-9-8-17-13/h6,8-10,12,16H,4-5,7H2,1-3H3. The molecular weight excluding hydrogens is 270 g/mol. The molecule has 20 heavy (non-hydrogen) atoms. The molecule has 1 N–H and O–H groups in total. The lowest BCUT2D eigenvalue weighted by molar-refractivity contribution is 0.382. The largest absolute Gasteiger partial charge is 0.480 e. The van der Waals surface area contributed by atoms with Crippen molar-refractivity contribution in [3.05, 3.63) is 40.0 Å². The van der Waals surface area contributed by atoms with Crippen LogP contribution >= 0.6 is 11.3 Å². The molecule has 0 spiro atoms. The predicted molar refractivity (Wildman–Crippen MR) is 82.4 cm³/mol. The van der Waals surface area contributed by atoms with Gasteiger partial charge in [0, 0.05) is 17.3 Å². The van der Waals surface area contributed by atoms with Crippen molar-refractivity contribution in [2.24, 2.45) is 0 Å². The molecule has 0 aliphatic heterocycles. The third-order valence-electron chi connectivity index (χ3n) is 3.18. The molecule has 0 amide bonds. The minimum Gasteiger partial charge on any atom is -0.480 e. The average molecular weight is 291 g/mol. The van der Waals surface area contributed by atoms with Crippen molar-refractivity contribution in [3.63, 3.8) is 0 Å². The fourth-order valence-electron chi connectivity index (χ4n) is 2.19. The van der Waals surface area contributed by atoms with Gasteiger partial charge in [-0.25, -0.2) is 4.98 Å². The minimum absolute atomic E-state index is 0.0496. The Balaban J connectivity index is 2.41. The first-order valence-corrected chi connectivity index (χ1v) is 7.84. The number of methoxy groups -OCH3 is 1. The molecule has 0 aliphatic carbocycles. The van der Waals surface area contributed by atoms with Crippen molar-refractivity contribution in [2.45, 2.75) is 32.7 Å². The van der Waals surface area contributed by atoms with E-state index in [0.29, 0.717) is 5.88 Å². The monoisotopic (exact) mass is 291 g/mol. The molecule has 2 heterocycles. The van der Waals surface area contributed by atoms with Gasteiger partial charge < -0.3 is 10.1 Å². The molecule has 0 radical (unpaired) electrons. The summed E-state index contributed by atoms with van der Waals surface area (Å²) in [7, 11) is 1.64. The molecule has 0 saturated carbocycles. The van der Waals surface area contributed by atoms with E-state index in [-0.39, 0.29) is 6.04 Å². The normalized spacial score (nSPS) is 12.3. The number of hydrogen-bond acceptors (Lipinski definition) is 5. The van der Waals surface area contributed by atoms with Gasteiger partial charge in [-0.15, -0.1) is 11.3 Å². The zero-order chi connectivity index (χ0) is 14.4. The molecular formula is C15H21N3OS. The third-order valence-corrected chi connectivity index (χ3v) is 4.20. The maximum atomic E-state index is 5.37. The Morgan fingerprint density at radius 3 is 2.80 bits per heavy atom. The Morgan fingerprint density at radius 2 is 2.10 bits per heavy atom. The minimum atomic E-state index is 0.0496. The van der Waals surface area contributed by atoms with Crippen LogP contribution in [0, 0.1) is 0 Å². The van der Waals surface area contributed by atoms with E-state index in [9.17, 15) is 0 Å². The smallest absolute Gasteiger partial charge is 0.237 e. The van der Waals surface area contributed by atoms with Gasteiger partial charge in [0.25, 0.3) is 0 Å². The van der Waals surface area contributed by atoms with Crippen LogP contribution in [0.5, 0.6) is 5.88 Å². The lowest BCUT2D eigenvalue weighted by Crippen LogP contribution is -2.25. The molecule has 4 nitrogen and oxygen atoms in total. The second-order valence-electron chi connectivity index (χ2n) is 4.50. The lowest BCUT2D eigenvalue weighted by Gasteiger charge is -2.19. The number of aryl methyl sites for hydroxylation is 1. The van der Waals surface area contributed by atoms with E-state index in [1.165, 1.54) is 10.4 Å². The number of nitrogens with one attached hydrogen (secondary N) is 1. The molecule has 108 valence electrons. The van der Waals surface area contributed by atoms with Crippen LogP contribution in [0.2, 0.25) is 0 Å². The molecule has 0 aliphatic rings. The molecule has 0 bridgehead atoms. The zero-order valence-electron chi connectivity index (χ0n) is 12.2. The van der Waals surface area contributed by atoms with Crippen LogP contribution in [0.15, 0.2) is 23.8 Å². The topological polar surface area (TPSA) is 47.0 Å². The van der Waals surface area contributed by atoms with Gasteiger partial charge in [-0.05, 0) is 36.4 Å². The Morgan fingerprint density at radius 1 is 1.30 bits per heavy atom. The van der Waals surface area contributed by atoms with E-state index in [2.05, 4.69) is 40.6 Å². The van der Waals surface area contributed by atoms with Gasteiger partial charge in [-0.1, -0.05) is 13.8 Å². The predicted octanol–water partition coefficient (Wildman–Crippen LogP) is 3.20. The van der Waals surface area contributed by atoms with Crippen molar-refractivity contribution in [1.29, 1.82) is 0 Å². The van der Waals surface area contributed by atoms with Crippen molar-refractivity contribution in [1.82, 2.24) is 15.3 Å². The van der Waals surface area contributed by atoms with Crippen molar-refractivity contribution in [2.75, 3.05) is 13.7 Å². The number of hydrogen-bond donors (Lipinski definition) is 1. The summed E-state index contributed by atoms with van der Waals surface area (Å²) in [5.74, 6) is 0.594. The van der Waals surface area contributed by atoms with Crippen LogP contribution in [0.3, 0.4) is 0 Å². The summed E-state index contributed by atoms with van der Waals surface area (Å²) in [6, 6.07) is 2.23. The zero-order valence-corrected chi connectivity index (χ0v) is 13.0. The second kappa shape index (κ2) is 7.36. The van der Waals surface area contributed by atoms with Crippen LogP contribution < -0.4 is 10.1 Å². The van der Waals surface area contributed by atoms with Gasteiger partial charge >= 0.3 is 0 Å². The number of thiophene rings is 1. The quantitative estimate of drug-likeness (QED) is 0.851. The summed E-state index contributed by atoms with van der Waals surface area (Å²) >= 11 is 1.76. The van der Waals surface area contributed by atoms with Crippen molar-refractivity contribution in [3.8, 4) is 5.88 Å². The molecule has 1 unspecified atom stereocenters. The number of ether oxygens (including phenoxy) is 1. The van der Waals surface area contributed by atoms with Crippen LogP contribution in [0.25, 0.3) is 0 Å². The molecule has 0 saturated heterocycles. The maximum absolute atomic E-state index is 5.37. The van der Waals surface area contributed by atoms with Gasteiger partial charge in [-0.2, -0.15) is 0 Å². The molecule has 2 aromatic rings. The Hall–Kier alpha value is -1.46. The Bertz CT molecular complexity index is 541. The van der Waals surface area contributed by atoms with Gasteiger partial charge in [0.1, 0.15) is 5.69 Å². The lowest BCUT2D eigenvalue weighted by atomic mass is 10.1. The highest BCUT2D eigenvalue weighted by atomic mass is 32.1. The summed E-state index contributed by atoms with van der Waals surface area (Å²) < 4.78 is 5.37. The molecule has 2 aromatic heterocycles. The molecule has 2 rings (SSSR count). The van der Waals surface area contributed by atoms with Crippen molar-refractivity contribution < 1.29 is 4.74 Å². The molecule has 0 aromatic carbocycles. The van der Waals surface area contributed by atoms with E-state index in [4.69, 9.17) is 4.74 Å². The van der Waals surface area contributed by atoms with E-state index in [1.54, 1.807) is 30.8 Å². The maximum Gasteiger partial charge on any atom is 0.237 e. The van der Waals surface area contributed by atoms with Gasteiger partial charge in [0.2, 0.25) is 5.88 Å². The first-order chi connectivity index (χ1) is 9.81. The first-order valence-electron chi connectivity index (χ1n) is 6.96. The van der Waals surface area contributed by atoms with Crippen LogP contribution in [-0.4, -0.2) is 23.6 Å². The summed E-state index contributed by atoms with van der Waals surface area (Å²) in [6.45, 7) is 5.27. The first kappa shape index (κ1) is 14.9. The van der Waals surface area contributed by atoms with Crippen LogP contribution in [0.1, 0.15) is 42.4 Å². The summed E-state index contributed by atoms with van der Waals surface area (Å²) in [4.78, 5) is 10.1. The fourth-order valence-corrected chi connectivity index (χ4v) is 3.26. The SMILES string of the molecule is CCCNC(c1nccnc1OC)c1sccc1CC. The van der Waals surface area contributed by atoms with E-state index >= 15 is 0 Å².